The summed E-state index contributed by atoms with van der Waals surface area (Å²) in [4.78, 5) is 0. The van der Waals surface area contributed by atoms with Crippen LogP contribution >= 0.6 is 11.8 Å². The summed E-state index contributed by atoms with van der Waals surface area (Å²) in [6.45, 7) is 2.51. The van der Waals surface area contributed by atoms with Crippen LogP contribution in [0.25, 0.3) is 0 Å². The van der Waals surface area contributed by atoms with E-state index in [1.807, 2.05) is 18.7 Å². The molecule has 1 aliphatic rings. The monoisotopic (exact) mass is 223 g/mol. The molecule has 0 amide bonds. The molecule has 1 rings (SSSR count). The fourth-order valence-corrected chi connectivity index (χ4v) is 3.79. The number of nitrogens with one attached hydrogen (secondary N) is 1. The molecular formula is C8H17NO2S2. The molecule has 5 heteroatoms. The highest BCUT2D eigenvalue weighted by Crippen LogP contribution is 2.22. The smallest absolute Gasteiger partial charge is 0.211 e. The van der Waals surface area contributed by atoms with Crippen LogP contribution in [0.5, 0.6) is 0 Å². The summed E-state index contributed by atoms with van der Waals surface area (Å²) in [6.07, 6.45) is 1.84. The van der Waals surface area contributed by atoms with E-state index in [4.69, 9.17) is 0 Å². The third kappa shape index (κ3) is 4.33. The van der Waals surface area contributed by atoms with Gasteiger partial charge in [0.2, 0.25) is 10.0 Å². The maximum absolute atomic E-state index is 11.3. The van der Waals surface area contributed by atoms with E-state index >= 15 is 0 Å². The summed E-state index contributed by atoms with van der Waals surface area (Å²) in [5.41, 5.74) is 0. The second-order valence-electron chi connectivity index (χ2n) is 3.40. The molecule has 1 fully saturated rings. The summed E-state index contributed by atoms with van der Waals surface area (Å²) < 4.78 is 25.2. The molecule has 0 aromatic rings. The van der Waals surface area contributed by atoms with Crippen LogP contribution in [0.1, 0.15) is 19.8 Å². The van der Waals surface area contributed by atoms with Crippen molar-refractivity contribution in [2.75, 3.05) is 23.8 Å². The van der Waals surface area contributed by atoms with Gasteiger partial charge in [-0.2, -0.15) is 11.8 Å². The number of sulfonamides is 1. The van der Waals surface area contributed by atoms with Crippen molar-refractivity contribution in [3.8, 4) is 0 Å². The second kappa shape index (κ2) is 5.22. The predicted molar refractivity (Wildman–Crippen MR) is 57.5 cm³/mol. The fraction of sp³-hybridized carbons (Fsp3) is 1.00. The molecular weight excluding hydrogens is 206 g/mol. The molecule has 3 nitrogen and oxygen atoms in total. The zero-order valence-corrected chi connectivity index (χ0v) is 9.59. The third-order valence-electron chi connectivity index (χ3n) is 2.09. The molecule has 1 heterocycles. The van der Waals surface area contributed by atoms with Crippen molar-refractivity contribution < 1.29 is 8.42 Å². The standard InChI is InChI=1S/C8H17NO2S2/c1-2-5-13(10,11)9-6-8-3-4-12-7-8/h8-9H,2-7H2,1H3. The molecule has 1 unspecified atom stereocenters. The fourth-order valence-electron chi connectivity index (χ4n) is 1.33. The molecule has 0 aliphatic carbocycles. The van der Waals surface area contributed by atoms with Gasteiger partial charge in [0, 0.05) is 6.54 Å². The maximum Gasteiger partial charge on any atom is 0.211 e. The van der Waals surface area contributed by atoms with Crippen LogP contribution in [0.4, 0.5) is 0 Å². The number of hydrogen-bond donors (Lipinski definition) is 1. The average molecular weight is 223 g/mol. The first-order valence-corrected chi connectivity index (χ1v) is 7.50. The van der Waals surface area contributed by atoms with Crippen molar-refractivity contribution in [3.63, 3.8) is 0 Å². The van der Waals surface area contributed by atoms with Gasteiger partial charge >= 0.3 is 0 Å². The van der Waals surface area contributed by atoms with Gasteiger partial charge in [-0.05, 0) is 30.3 Å². The number of rotatable bonds is 5. The van der Waals surface area contributed by atoms with Crippen molar-refractivity contribution in [1.29, 1.82) is 0 Å². The normalized spacial score (nSPS) is 23.6. The second-order valence-corrected chi connectivity index (χ2v) is 6.47. The van der Waals surface area contributed by atoms with E-state index in [9.17, 15) is 8.42 Å². The van der Waals surface area contributed by atoms with Crippen LogP contribution in [0.15, 0.2) is 0 Å². The summed E-state index contributed by atoms with van der Waals surface area (Å²) in [5, 5.41) is 0. The van der Waals surface area contributed by atoms with Gasteiger partial charge in [-0.25, -0.2) is 13.1 Å². The molecule has 1 atom stereocenters. The highest BCUT2D eigenvalue weighted by molar-refractivity contribution is 7.99. The van der Waals surface area contributed by atoms with E-state index in [-0.39, 0.29) is 5.75 Å². The molecule has 0 bridgehead atoms. The molecule has 78 valence electrons. The lowest BCUT2D eigenvalue weighted by molar-refractivity contribution is 0.545. The summed E-state index contributed by atoms with van der Waals surface area (Å²) in [5.74, 6) is 3.10. The van der Waals surface area contributed by atoms with Gasteiger partial charge < -0.3 is 0 Å². The van der Waals surface area contributed by atoms with Crippen molar-refractivity contribution >= 4 is 21.8 Å². The average Bonchev–Trinajstić information content (AvgIpc) is 2.52. The minimum atomic E-state index is -2.98. The first-order valence-electron chi connectivity index (χ1n) is 4.69. The van der Waals surface area contributed by atoms with Crippen molar-refractivity contribution in [2.45, 2.75) is 19.8 Å². The topological polar surface area (TPSA) is 46.2 Å². The zero-order valence-electron chi connectivity index (χ0n) is 7.95. The molecule has 13 heavy (non-hydrogen) atoms. The van der Waals surface area contributed by atoms with Gasteiger partial charge in [-0.3, -0.25) is 0 Å². The lowest BCUT2D eigenvalue weighted by Crippen LogP contribution is -2.31. The molecule has 0 spiro atoms. The van der Waals surface area contributed by atoms with Gasteiger partial charge in [0.05, 0.1) is 5.75 Å². The zero-order chi connectivity index (χ0) is 9.73. The van der Waals surface area contributed by atoms with E-state index in [1.54, 1.807) is 0 Å². The first kappa shape index (κ1) is 11.3. The van der Waals surface area contributed by atoms with Crippen molar-refractivity contribution in [3.05, 3.63) is 0 Å². The van der Waals surface area contributed by atoms with E-state index in [2.05, 4.69) is 4.72 Å². The lowest BCUT2D eigenvalue weighted by atomic mass is 10.1. The van der Waals surface area contributed by atoms with E-state index in [0.717, 1.165) is 12.2 Å². The van der Waals surface area contributed by atoms with E-state index in [1.165, 1.54) is 5.75 Å². The van der Waals surface area contributed by atoms with E-state index in [0.29, 0.717) is 18.9 Å². The van der Waals surface area contributed by atoms with Crippen LogP contribution in [0, 0.1) is 5.92 Å². The molecule has 0 aromatic heterocycles. The lowest BCUT2D eigenvalue weighted by Gasteiger charge is -2.09. The van der Waals surface area contributed by atoms with Gasteiger partial charge in [-0.1, -0.05) is 6.92 Å². The van der Waals surface area contributed by atoms with Gasteiger partial charge in [-0.15, -0.1) is 0 Å². The Kier molecular flexibility index (Phi) is 4.55. The molecule has 0 radical (unpaired) electrons. The number of thioether (sulfide) groups is 1. The maximum atomic E-state index is 11.3. The van der Waals surface area contributed by atoms with Crippen LogP contribution in [-0.2, 0) is 10.0 Å². The summed E-state index contributed by atoms with van der Waals surface area (Å²) >= 11 is 1.91. The van der Waals surface area contributed by atoms with Crippen LogP contribution in [0.2, 0.25) is 0 Å². The Morgan fingerprint density at radius 2 is 2.31 bits per heavy atom. The molecule has 1 aliphatic heterocycles. The highest BCUT2D eigenvalue weighted by Gasteiger charge is 2.17. The quantitative estimate of drug-likeness (QED) is 0.758. The minimum absolute atomic E-state index is 0.257. The summed E-state index contributed by atoms with van der Waals surface area (Å²) in [7, 11) is -2.98. The molecule has 0 saturated carbocycles. The van der Waals surface area contributed by atoms with Gasteiger partial charge in [0.15, 0.2) is 0 Å². The van der Waals surface area contributed by atoms with E-state index < -0.39 is 10.0 Å². The molecule has 0 aromatic carbocycles. The predicted octanol–water partition coefficient (Wildman–Crippen LogP) is 1.07. The molecule has 1 N–H and O–H groups in total. The van der Waals surface area contributed by atoms with Gasteiger partial charge in [0.25, 0.3) is 0 Å². The minimum Gasteiger partial charge on any atom is -0.215 e. The van der Waals surface area contributed by atoms with Crippen molar-refractivity contribution in [2.24, 2.45) is 5.92 Å². The Hall–Kier alpha value is 0.260. The summed E-state index contributed by atoms with van der Waals surface area (Å²) in [6, 6.07) is 0. The van der Waals surface area contributed by atoms with Crippen LogP contribution in [-0.4, -0.2) is 32.2 Å². The number of hydrogen-bond acceptors (Lipinski definition) is 3. The largest absolute Gasteiger partial charge is 0.215 e. The van der Waals surface area contributed by atoms with Crippen LogP contribution in [0.3, 0.4) is 0 Å². The Morgan fingerprint density at radius 1 is 1.54 bits per heavy atom. The Bertz CT molecular complexity index is 233. The van der Waals surface area contributed by atoms with Crippen molar-refractivity contribution in [1.82, 2.24) is 4.72 Å². The Labute approximate surface area is 84.7 Å². The highest BCUT2D eigenvalue weighted by atomic mass is 32.2. The Balaban J connectivity index is 2.24. The first-order chi connectivity index (χ1) is 6.14. The van der Waals surface area contributed by atoms with Crippen LogP contribution < -0.4 is 4.72 Å². The SMILES string of the molecule is CCCS(=O)(=O)NCC1CCSC1. The molecule has 1 saturated heterocycles. The van der Waals surface area contributed by atoms with Gasteiger partial charge in [0.1, 0.15) is 0 Å². The third-order valence-corrected chi connectivity index (χ3v) is 4.87. The Morgan fingerprint density at radius 3 is 2.85 bits per heavy atom.